The monoisotopic (exact) mass is 287 g/mol. The average Bonchev–Trinajstić information content (AvgIpc) is 2.18. The fourth-order valence-corrected chi connectivity index (χ4v) is 2.01. The third-order valence-electron chi connectivity index (χ3n) is 2.51. The summed E-state index contributed by atoms with van der Waals surface area (Å²) >= 11 is 5.68. The van der Waals surface area contributed by atoms with Gasteiger partial charge in [0, 0.05) is 18.0 Å². The Balaban J connectivity index is 0.00000144. The highest BCUT2D eigenvalue weighted by Crippen LogP contribution is 2.44. The summed E-state index contributed by atoms with van der Waals surface area (Å²) in [5, 5.41) is -0.403. The molecule has 17 heavy (non-hydrogen) atoms. The molecule has 2 nitrogen and oxygen atoms in total. The minimum Gasteiger partial charge on any atom is -0.492 e. The number of ether oxygens (including phenoxy) is 1. The van der Waals surface area contributed by atoms with Crippen molar-refractivity contribution in [2.45, 2.75) is 18.6 Å². The number of rotatable bonds is 0. The average molecular weight is 288 g/mol. The summed E-state index contributed by atoms with van der Waals surface area (Å²) in [6.07, 6.45) is -3.90. The van der Waals surface area contributed by atoms with Crippen LogP contribution < -0.4 is 10.5 Å². The molecule has 1 heterocycles. The maximum atomic E-state index is 12.5. The van der Waals surface area contributed by atoms with Gasteiger partial charge in [0.15, 0.2) is 0 Å². The van der Waals surface area contributed by atoms with Crippen LogP contribution in [0.1, 0.15) is 23.6 Å². The number of alkyl halides is 3. The van der Waals surface area contributed by atoms with Crippen LogP contribution in [0.25, 0.3) is 0 Å². The first-order valence-electron chi connectivity index (χ1n) is 4.69. The van der Waals surface area contributed by atoms with Crippen molar-refractivity contribution in [2.75, 3.05) is 6.61 Å². The highest BCUT2D eigenvalue weighted by molar-refractivity contribution is 6.33. The first-order chi connectivity index (χ1) is 7.41. The van der Waals surface area contributed by atoms with E-state index in [1.165, 1.54) is 6.07 Å². The summed E-state index contributed by atoms with van der Waals surface area (Å²) in [5.74, 6) is 0.0650. The molecule has 0 fully saturated rings. The van der Waals surface area contributed by atoms with E-state index in [0.717, 1.165) is 6.07 Å². The second kappa shape index (κ2) is 4.92. The third-order valence-corrected chi connectivity index (χ3v) is 2.88. The van der Waals surface area contributed by atoms with Crippen LogP contribution in [-0.4, -0.2) is 6.61 Å². The lowest BCUT2D eigenvalue weighted by Gasteiger charge is -2.25. The summed E-state index contributed by atoms with van der Waals surface area (Å²) in [5.41, 5.74) is 5.40. The fraction of sp³-hybridized carbons (Fsp3) is 0.400. The first-order valence-corrected chi connectivity index (χ1v) is 5.07. The minimum absolute atomic E-state index is 0. The zero-order valence-corrected chi connectivity index (χ0v) is 10.1. The predicted molar refractivity (Wildman–Crippen MR) is 60.7 cm³/mol. The van der Waals surface area contributed by atoms with Crippen LogP contribution >= 0.6 is 24.0 Å². The molecule has 96 valence electrons. The Morgan fingerprint density at radius 1 is 1.35 bits per heavy atom. The van der Waals surface area contributed by atoms with Gasteiger partial charge in [0.2, 0.25) is 0 Å². The maximum absolute atomic E-state index is 12.5. The van der Waals surface area contributed by atoms with Crippen LogP contribution in [0.15, 0.2) is 12.1 Å². The van der Waals surface area contributed by atoms with Crippen LogP contribution in [0.5, 0.6) is 5.75 Å². The number of hydrogen-bond donors (Lipinski definition) is 1. The lowest BCUT2D eigenvalue weighted by molar-refractivity contribution is -0.137. The fourth-order valence-electron chi connectivity index (χ4n) is 1.67. The molecule has 0 saturated carbocycles. The smallest absolute Gasteiger partial charge is 0.417 e. The van der Waals surface area contributed by atoms with Crippen LogP contribution in [0, 0.1) is 0 Å². The number of benzene rings is 1. The van der Waals surface area contributed by atoms with Gasteiger partial charge in [0.1, 0.15) is 5.75 Å². The molecule has 1 aliphatic rings. The number of nitrogens with two attached hydrogens (primary N) is 1. The molecular weight excluding hydrogens is 278 g/mol. The zero-order valence-electron chi connectivity index (χ0n) is 8.55. The van der Waals surface area contributed by atoms with E-state index in [-0.39, 0.29) is 30.8 Å². The van der Waals surface area contributed by atoms with Gasteiger partial charge in [-0.1, -0.05) is 17.7 Å². The van der Waals surface area contributed by atoms with E-state index < -0.39 is 16.8 Å². The van der Waals surface area contributed by atoms with E-state index in [1.807, 2.05) is 0 Å². The molecule has 7 heteroatoms. The van der Waals surface area contributed by atoms with E-state index >= 15 is 0 Å². The standard InChI is InChI=1S/C10H9ClF3NO.ClH/c11-8-6(10(12,13)14)2-1-5-7(15)3-4-16-9(5)8;/h1-2,7H,3-4,15H2;1H/t7-;/m0./s1. The summed E-state index contributed by atoms with van der Waals surface area (Å²) in [7, 11) is 0. The van der Waals surface area contributed by atoms with Gasteiger partial charge in [-0.25, -0.2) is 0 Å². The Morgan fingerprint density at radius 2 is 2.00 bits per heavy atom. The van der Waals surface area contributed by atoms with Gasteiger partial charge in [-0.3, -0.25) is 0 Å². The van der Waals surface area contributed by atoms with Gasteiger partial charge >= 0.3 is 6.18 Å². The minimum atomic E-state index is -4.48. The SMILES string of the molecule is Cl.N[C@H]1CCOc2c1ccc(C(F)(F)F)c2Cl. The Morgan fingerprint density at radius 3 is 2.59 bits per heavy atom. The van der Waals surface area contributed by atoms with E-state index in [1.54, 1.807) is 0 Å². The Kier molecular flexibility index (Phi) is 4.17. The normalized spacial score (nSPS) is 19.0. The zero-order chi connectivity index (χ0) is 11.9. The van der Waals surface area contributed by atoms with Crippen molar-refractivity contribution in [2.24, 2.45) is 5.73 Å². The molecule has 0 bridgehead atoms. The summed E-state index contributed by atoms with van der Waals surface area (Å²) in [6, 6.07) is 1.95. The highest BCUT2D eigenvalue weighted by Gasteiger charge is 2.36. The lowest BCUT2D eigenvalue weighted by Crippen LogP contribution is -2.21. The summed E-state index contributed by atoms with van der Waals surface area (Å²) < 4.78 is 42.8. The quantitative estimate of drug-likeness (QED) is 0.792. The largest absolute Gasteiger partial charge is 0.492 e. The number of fused-ring (bicyclic) bond motifs is 1. The molecule has 1 aromatic rings. The second-order valence-corrected chi connectivity index (χ2v) is 3.96. The van der Waals surface area contributed by atoms with Crippen molar-refractivity contribution in [1.29, 1.82) is 0 Å². The van der Waals surface area contributed by atoms with Gasteiger partial charge < -0.3 is 10.5 Å². The molecule has 2 N–H and O–H groups in total. The maximum Gasteiger partial charge on any atom is 0.417 e. The number of hydrogen-bond acceptors (Lipinski definition) is 2. The van der Waals surface area contributed by atoms with Crippen LogP contribution in [0.3, 0.4) is 0 Å². The van der Waals surface area contributed by atoms with E-state index in [9.17, 15) is 13.2 Å². The highest BCUT2D eigenvalue weighted by atomic mass is 35.5. The molecule has 0 amide bonds. The van der Waals surface area contributed by atoms with Crippen LogP contribution in [-0.2, 0) is 6.18 Å². The second-order valence-electron chi connectivity index (χ2n) is 3.59. The van der Waals surface area contributed by atoms with Crippen molar-refractivity contribution in [3.05, 3.63) is 28.3 Å². The molecule has 1 aliphatic heterocycles. The van der Waals surface area contributed by atoms with E-state index in [2.05, 4.69) is 0 Å². The van der Waals surface area contributed by atoms with Crippen molar-refractivity contribution >= 4 is 24.0 Å². The van der Waals surface area contributed by atoms with Crippen molar-refractivity contribution < 1.29 is 17.9 Å². The molecule has 0 saturated heterocycles. The van der Waals surface area contributed by atoms with Gasteiger partial charge in [0.05, 0.1) is 17.2 Å². The molecule has 0 unspecified atom stereocenters. The molecule has 0 radical (unpaired) electrons. The molecule has 2 rings (SSSR count). The summed E-state index contributed by atoms with van der Waals surface area (Å²) in [6.45, 7) is 0.287. The van der Waals surface area contributed by atoms with Crippen molar-refractivity contribution in [1.82, 2.24) is 0 Å². The Bertz CT molecular complexity index is 423. The summed E-state index contributed by atoms with van der Waals surface area (Å²) in [4.78, 5) is 0. The van der Waals surface area contributed by atoms with Gasteiger partial charge in [0.25, 0.3) is 0 Å². The lowest BCUT2D eigenvalue weighted by atomic mass is 9.99. The molecule has 0 aliphatic carbocycles. The predicted octanol–water partition coefficient (Wildman–Crippen LogP) is 3.56. The van der Waals surface area contributed by atoms with Gasteiger partial charge in [-0.2, -0.15) is 13.2 Å². The van der Waals surface area contributed by atoms with E-state index in [4.69, 9.17) is 22.1 Å². The molecule has 0 aromatic heterocycles. The molecular formula is C10H10Cl2F3NO. The third kappa shape index (κ3) is 2.61. The topological polar surface area (TPSA) is 35.2 Å². The van der Waals surface area contributed by atoms with Crippen molar-refractivity contribution in [3.63, 3.8) is 0 Å². The van der Waals surface area contributed by atoms with Crippen LogP contribution in [0.2, 0.25) is 5.02 Å². The number of halogens is 5. The van der Waals surface area contributed by atoms with Crippen molar-refractivity contribution in [3.8, 4) is 5.75 Å². The Hall–Kier alpha value is -0.650. The molecule has 1 aromatic carbocycles. The van der Waals surface area contributed by atoms with Gasteiger partial charge in [-0.15, -0.1) is 12.4 Å². The Labute approximate surface area is 107 Å². The first kappa shape index (κ1) is 14.4. The van der Waals surface area contributed by atoms with Crippen LogP contribution in [0.4, 0.5) is 13.2 Å². The molecule has 1 atom stereocenters. The van der Waals surface area contributed by atoms with Gasteiger partial charge in [-0.05, 0) is 6.07 Å². The van der Waals surface area contributed by atoms with E-state index in [0.29, 0.717) is 12.0 Å². The molecule has 0 spiro atoms.